The summed E-state index contributed by atoms with van der Waals surface area (Å²) in [5, 5.41) is 10.1. The minimum absolute atomic E-state index is 0.0800. The Morgan fingerprint density at radius 3 is 3.08 bits per heavy atom. The molecule has 2 aromatic rings. The quantitative estimate of drug-likeness (QED) is 0.775. The molecule has 0 unspecified atom stereocenters. The highest BCUT2D eigenvalue weighted by Gasteiger charge is 2.08. The van der Waals surface area contributed by atoms with E-state index in [1.807, 2.05) is 0 Å². The molecule has 0 radical (unpaired) electrons. The van der Waals surface area contributed by atoms with Crippen molar-refractivity contribution in [3.8, 4) is 5.88 Å². The predicted octanol–water partition coefficient (Wildman–Crippen LogP) is 0.938. The van der Waals surface area contributed by atoms with E-state index < -0.39 is 0 Å². The van der Waals surface area contributed by atoms with Gasteiger partial charge in [-0.25, -0.2) is 9.97 Å². The highest BCUT2D eigenvalue weighted by atomic mass is 32.1. The topological polar surface area (TPSA) is 68.1 Å². The summed E-state index contributed by atoms with van der Waals surface area (Å²) >= 11 is 1.39. The molecule has 0 saturated carbocycles. The molecule has 0 spiro atoms. The van der Waals surface area contributed by atoms with Crippen molar-refractivity contribution in [1.82, 2.24) is 15.0 Å². The van der Waals surface area contributed by atoms with Gasteiger partial charge in [0.25, 0.3) is 0 Å². The molecule has 2 heterocycles. The number of fused-ring (bicyclic) bond motifs is 1. The van der Waals surface area contributed by atoms with Gasteiger partial charge in [-0.2, -0.15) is 4.98 Å². The van der Waals surface area contributed by atoms with Gasteiger partial charge in [-0.1, -0.05) is 11.3 Å². The highest BCUT2D eigenvalue weighted by molar-refractivity contribution is 7.18. The predicted molar refractivity (Wildman–Crippen MR) is 47.6 cm³/mol. The summed E-state index contributed by atoms with van der Waals surface area (Å²) in [5.74, 6) is -0.0800. The lowest BCUT2D eigenvalue weighted by Crippen LogP contribution is -1.84. The SMILES string of the molecule is COCc1nc2c(O)ncnc2s1. The Morgan fingerprint density at radius 2 is 2.38 bits per heavy atom. The van der Waals surface area contributed by atoms with Gasteiger partial charge in [-0.3, -0.25) is 0 Å². The molecule has 0 amide bonds. The van der Waals surface area contributed by atoms with Gasteiger partial charge in [0.15, 0.2) is 10.3 Å². The molecule has 13 heavy (non-hydrogen) atoms. The fraction of sp³-hybridized carbons (Fsp3) is 0.286. The zero-order valence-electron chi connectivity index (χ0n) is 6.89. The van der Waals surface area contributed by atoms with Crippen molar-refractivity contribution in [1.29, 1.82) is 0 Å². The molecule has 6 heteroatoms. The molecule has 0 saturated heterocycles. The normalized spacial score (nSPS) is 10.8. The molecule has 5 nitrogen and oxygen atoms in total. The third-order valence-electron chi connectivity index (χ3n) is 1.49. The first-order valence-electron chi connectivity index (χ1n) is 3.59. The standard InChI is InChI=1S/C7H7N3O2S/c1-12-2-4-10-5-6(11)8-3-9-7(5)13-4/h3H,2H2,1H3,(H,8,9,11). The van der Waals surface area contributed by atoms with Crippen LogP contribution in [0.3, 0.4) is 0 Å². The number of aromatic nitrogens is 3. The van der Waals surface area contributed by atoms with Crippen LogP contribution in [0.2, 0.25) is 0 Å². The van der Waals surface area contributed by atoms with Crippen LogP contribution in [0.5, 0.6) is 5.88 Å². The van der Waals surface area contributed by atoms with Gasteiger partial charge in [0, 0.05) is 7.11 Å². The van der Waals surface area contributed by atoms with E-state index in [9.17, 15) is 5.11 Å². The zero-order valence-corrected chi connectivity index (χ0v) is 7.71. The second-order valence-corrected chi connectivity index (χ2v) is 3.45. The van der Waals surface area contributed by atoms with Crippen molar-refractivity contribution in [3.05, 3.63) is 11.3 Å². The van der Waals surface area contributed by atoms with E-state index in [0.717, 1.165) is 5.01 Å². The number of hydrogen-bond acceptors (Lipinski definition) is 6. The molecule has 0 aliphatic rings. The first-order valence-corrected chi connectivity index (χ1v) is 4.41. The van der Waals surface area contributed by atoms with E-state index >= 15 is 0 Å². The fourth-order valence-corrected chi connectivity index (χ4v) is 1.84. The van der Waals surface area contributed by atoms with Gasteiger partial charge in [-0.05, 0) is 0 Å². The van der Waals surface area contributed by atoms with Crippen LogP contribution < -0.4 is 0 Å². The molecule has 0 aromatic carbocycles. The first kappa shape index (κ1) is 8.33. The molecule has 2 aromatic heterocycles. The van der Waals surface area contributed by atoms with Crippen molar-refractivity contribution in [2.45, 2.75) is 6.61 Å². The second kappa shape index (κ2) is 3.23. The van der Waals surface area contributed by atoms with E-state index in [0.29, 0.717) is 17.0 Å². The van der Waals surface area contributed by atoms with Crippen LogP contribution >= 0.6 is 11.3 Å². The summed E-state index contributed by atoms with van der Waals surface area (Å²) in [5.41, 5.74) is 0.444. The van der Waals surface area contributed by atoms with Crippen molar-refractivity contribution in [3.63, 3.8) is 0 Å². The van der Waals surface area contributed by atoms with Crippen LogP contribution in [0.15, 0.2) is 6.33 Å². The van der Waals surface area contributed by atoms with Crippen LogP contribution in [-0.2, 0) is 11.3 Å². The van der Waals surface area contributed by atoms with Gasteiger partial charge < -0.3 is 9.84 Å². The van der Waals surface area contributed by atoms with Crippen molar-refractivity contribution in [2.75, 3.05) is 7.11 Å². The summed E-state index contributed by atoms with van der Waals surface area (Å²) in [6.07, 6.45) is 1.31. The number of rotatable bonds is 2. The largest absolute Gasteiger partial charge is 0.492 e. The van der Waals surface area contributed by atoms with E-state index in [1.165, 1.54) is 17.7 Å². The van der Waals surface area contributed by atoms with E-state index in [2.05, 4.69) is 15.0 Å². The van der Waals surface area contributed by atoms with Crippen molar-refractivity contribution < 1.29 is 9.84 Å². The second-order valence-electron chi connectivity index (χ2n) is 2.39. The maximum atomic E-state index is 9.31. The number of thiazole rings is 1. The summed E-state index contributed by atoms with van der Waals surface area (Å²) in [6.45, 7) is 0.431. The number of ether oxygens (including phenoxy) is 1. The van der Waals surface area contributed by atoms with Crippen LogP contribution in [0.25, 0.3) is 10.3 Å². The van der Waals surface area contributed by atoms with Crippen LogP contribution in [0, 0.1) is 0 Å². The lowest BCUT2D eigenvalue weighted by atomic mass is 10.5. The van der Waals surface area contributed by atoms with Gasteiger partial charge in [0.05, 0.1) is 6.61 Å². The van der Waals surface area contributed by atoms with Gasteiger partial charge in [-0.15, -0.1) is 0 Å². The minimum Gasteiger partial charge on any atom is -0.492 e. The fourth-order valence-electron chi connectivity index (χ4n) is 0.971. The molecule has 0 aliphatic heterocycles. The molecular formula is C7H7N3O2S. The number of methoxy groups -OCH3 is 1. The highest BCUT2D eigenvalue weighted by Crippen LogP contribution is 2.24. The van der Waals surface area contributed by atoms with Gasteiger partial charge in [0.2, 0.25) is 5.88 Å². The Balaban J connectivity index is 2.55. The van der Waals surface area contributed by atoms with Crippen molar-refractivity contribution >= 4 is 21.7 Å². The Bertz CT molecular complexity index is 429. The first-order chi connectivity index (χ1) is 6.31. The smallest absolute Gasteiger partial charge is 0.242 e. The average Bonchev–Trinajstić information content (AvgIpc) is 2.49. The molecule has 0 fully saturated rings. The summed E-state index contributed by atoms with van der Waals surface area (Å²) in [7, 11) is 1.59. The minimum atomic E-state index is -0.0800. The third kappa shape index (κ3) is 1.45. The molecule has 2 rings (SSSR count). The summed E-state index contributed by atoms with van der Waals surface area (Å²) in [6, 6.07) is 0. The van der Waals surface area contributed by atoms with Gasteiger partial charge in [0.1, 0.15) is 11.3 Å². The Kier molecular flexibility index (Phi) is 2.07. The maximum Gasteiger partial charge on any atom is 0.242 e. The van der Waals surface area contributed by atoms with Crippen LogP contribution in [0.1, 0.15) is 5.01 Å². The van der Waals surface area contributed by atoms with E-state index in [4.69, 9.17) is 4.74 Å². The van der Waals surface area contributed by atoms with E-state index in [1.54, 1.807) is 7.11 Å². The zero-order chi connectivity index (χ0) is 9.26. The van der Waals surface area contributed by atoms with Crippen LogP contribution in [-0.4, -0.2) is 27.2 Å². The third-order valence-corrected chi connectivity index (χ3v) is 2.43. The number of hydrogen-bond donors (Lipinski definition) is 1. The molecule has 68 valence electrons. The Hall–Kier alpha value is -1.27. The van der Waals surface area contributed by atoms with Crippen LogP contribution in [0.4, 0.5) is 0 Å². The lowest BCUT2D eigenvalue weighted by Gasteiger charge is -1.88. The van der Waals surface area contributed by atoms with Crippen molar-refractivity contribution in [2.24, 2.45) is 0 Å². The molecule has 0 aliphatic carbocycles. The number of aromatic hydroxyl groups is 1. The monoisotopic (exact) mass is 197 g/mol. The molecule has 0 bridgehead atoms. The Labute approximate surface area is 78.1 Å². The Morgan fingerprint density at radius 1 is 1.54 bits per heavy atom. The lowest BCUT2D eigenvalue weighted by molar-refractivity contribution is 0.184. The average molecular weight is 197 g/mol. The maximum absolute atomic E-state index is 9.31. The molecule has 0 atom stereocenters. The summed E-state index contributed by atoms with van der Waals surface area (Å²) < 4.78 is 4.92. The number of nitrogens with zero attached hydrogens (tertiary/aromatic N) is 3. The molecule has 1 N–H and O–H groups in total. The summed E-state index contributed by atoms with van der Waals surface area (Å²) in [4.78, 5) is 12.4. The molecular weight excluding hydrogens is 190 g/mol. The van der Waals surface area contributed by atoms with E-state index in [-0.39, 0.29) is 5.88 Å². The van der Waals surface area contributed by atoms with Gasteiger partial charge >= 0.3 is 0 Å².